The highest BCUT2D eigenvalue weighted by Gasteiger charge is 2.12. The molecule has 27 heavy (non-hydrogen) atoms. The van der Waals surface area contributed by atoms with E-state index in [1.807, 2.05) is 54.6 Å². The molecule has 1 N–H and O–H groups in total. The lowest BCUT2D eigenvalue weighted by molar-refractivity contribution is 0.511. The Labute approximate surface area is 161 Å². The third kappa shape index (κ3) is 4.33. The lowest BCUT2D eigenvalue weighted by Crippen LogP contribution is -2.20. The van der Waals surface area contributed by atoms with Crippen LogP contribution in [0.4, 0.5) is 0 Å². The van der Waals surface area contributed by atoms with Crippen LogP contribution in [0, 0.1) is 0 Å². The highest BCUT2D eigenvalue weighted by molar-refractivity contribution is 7.92. The van der Waals surface area contributed by atoms with Crippen molar-refractivity contribution in [2.75, 3.05) is 0 Å². The van der Waals surface area contributed by atoms with E-state index in [0.717, 1.165) is 26.2 Å². The van der Waals surface area contributed by atoms with Crippen molar-refractivity contribution in [3.63, 3.8) is 0 Å². The van der Waals surface area contributed by atoms with Crippen LogP contribution in [0.2, 0.25) is 0 Å². The van der Waals surface area contributed by atoms with Gasteiger partial charge in [-0.05, 0) is 35.9 Å². The van der Waals surface area contributed by atoms with Gasteiger partial charge < -0.3 is 4.42 Å². The van der Waals surface area contributed by atoms with Gasteiger partial charge in [0.2, 0.25) is 10.0 Å². The van der Waals surface area contributed by atoms with Crippen molar-refractivity contribution < 1.29 is 12.8 Å². The van der Waals surface area contributed by atoms with Crippen LogP contribution < -0.4 is 4.72 Å². The molecule has 4 aromatic rings. The first-order valence-electron chi connectivity index (χ1n) is 8.26. The summed E-state index contributed by atoms with van der Waals surface area (Å²) in [6, 6.07) is 20.7. The SMILES string of the molecule is O=S(=O)(C=Cc1ccccc1)NCc1ccc(-c2nc3ccccc3s2)o1. The summed E-state index contributed by atoms with van der Waals surface area (Å²) in [5.41, 5.74) is 1.74. The van der Waals surface area contributed by atoms with Gasteiger partial charge in [-0.15, -0.1) is 11.3 Å². The van der Waals surface area contributed by atoms with Crippen LogP contribution in [0.5, 0.6) is 0 Å². The molecular formula is C20H16N2O3S2. The first kappa shape index (κ1) is 17.7. The number of hydrogen-bond acceptors (Lipinski definition) is 5. The van der Waals surface area contributed by atoms with Gasteiger partial charge in [-0.3, -0.25) is 0 Å². The van der Waals surface area contributed by atoms with Crippen LogP contribution in [-0.4, -0.2) is 13.4 Å². The van der Waals surface area contributed by atoms with E-state index in [9.17, 15) is 8.42 Å². The summed E-state index contributed by atoms with van der Waals surface area (Å²) in [6.45, 7) is 0.0758. The zero-order valence-electron chi connectivity index (χ0n) is 14.2. The normalized spacial score (nSPS) is 12.1. The molecule has 0 saturated heterocycles. The number of sulfonamides is 1. The first-order valence-corrected chi connectivity index (χ1v) is 10.6. The van der Waals surface area contributed by atoms with Crippen molar-refractivity contribution in [2.24, 2.45) is 0 Å². The van der Waals surface area contributed by atoms with E-state index in [-0.39, 0.29) is 6.54 Å². The molecule has 0 aliphatic heterocycles. The van der Waals surface area contributed by atoms with Crippen molar-refractivity contribution in [1.82, 2.24) is 9.71 Å². The summed E-state index contributed by atoms with van der Waals surface area (Å²) in [5, 5.41) is 1.92. The second-order valence-electron chi connectivity index (χ2n) is 5.83. The van der Waals surface area contributed by atoms with Crippen LogP contribution in [-0.2, 0) is 16.6 Å². The van der Waals surface area contributed by atoms with Gasteiger partial charge in [0.05, 0.1) is 16.8 Å². The van der Waals surface area contributed by atoms with Crippen LogP contribution in [0.15, 0.2) is 76.6 Å². The minimum Gasteiger partial charge on any atom is -0.457 e. The van der Waals surface area contributed by atoms with Gasteiger partial charge in [0.15, 0.2) is 10.8 Å². The molecule has 0 aliphatic rings. The number of aromatic nitrogens is 1. The number of furan rings is 1. The van der Waals surface area contributed by atoms with E-state index in [1.54, 1.807) is 18.2 Å². The fourth-order valence-corrected chi connectivity index (χ4v) is 4.22. The molecule has 0 atom stereocenters. The Morgan fingerprint density at radius 2 is 1.78 bits per heavy atom. The van der Waals surface area contributed by atoms with Gasteiger partial charge in [-0.1, -0.05) is 42.5 Å². The average Bonchev–Trinajstić information content (AvgIpc) is 3.32. The molecule has 0 spiro atoms. The summed E-state index contributed by atoms with van der Waals surface area (Å²) >= 11 is 1.54. The van der Waals surface area contributed by atoms with Crippen molar-refractivity contribution in [2.45, 2.75) is 6.54 Å². The second-order valence-corrected chi connectivity index (χ2v) is 8.51. The highest BCUT2D eigenvalue weighted by Crippen LogP contribution is 2.31. The number of fused-ring (bicyclic) bond motifs is 1. The Kier molecular flexibility index (Phi) is 4.89. The van der Waals surface area contributed by atoms with Crippen molar-refractivity contribution in [3.05, 3.63) is 83.5 Å². The van der Waals surface area contributed by atoms with Crippen LogP contribution >= 0.6 is 11.3 Å². The van der Waals surface area contributed by atoms with Crippen molar-refractivity contribution >= 4 is 37.7 Å². The minimum atomic E-state index is -3.56. The van der Waals surface area contributed by atoms with E-state index >= 15 is 0 Å². The molecule has 136 valence electrons. The minimum absolute atomic E-state index is 0.0758. The molecule has 5 nitrogen and oxygen atoms in total. The summed E-state index contributed by atoms with van der Waals surface area (Å²) in [4.78, 5) is 4.54. The number of benzene rings is 2. The van der Waals surface area contributed by atoms with Gasteiger partial charge in [0.25, 0.3) is 0 Å². The molecular weight excluding hydrogens is 380 g/mol. The Morgan fingerprint density at radius 3 is 2.59 bits per heavy atom. The Bertz CT molecular complexity index is 1160. The predicted octanol–water partition coefficient (Wildman–Crippen LogP) is 4.65. The fraction of sp³-hybridized carbons (Fsp3) is 0.0500. The van der Waals surface area contributed by atoms with E-state index in [1.165, 1.54) is 11.3 Å². The standard InChI is InChI=1S/C20H16N2O3S2/c23-27(24,13-12-15-6-2-1-3-7-15)21-14-16-10-11-18(25-16)20-22-17-8-4-5-9-19(17)26-20/h1-13,21H,14H2. The van der Waals surface area contributed by atoms with Gasteiger partial charge in [0, 0.05) is 5.41 Å². The number of nitrogens with one attached hydrogen (secondary N) is 1. The molecule has 2 aromatic carbocycles. The van der Waals surface area contributed by atoms with E-state index in [2.05, 4.69) is 9.71 Å². The maximum atomic E-state index is 12.1. The number of thiazole rings is 1. The van der Waals surface area contributed by atoms with E-state index in [0.29, 0.717) is 11.5 Å². The van der Waals surface area contributed by atoms with Crippen LogP contribution in [0.3, 0.4) is 0 Å². The monoisotopic (exact) mass is 396 g/mol. The van der Waals surface area contributed by atoms with Gasteiger partial charge in [0.1, 0.15) is 5.76 Å². The topological polar surface area (TPSA) is 72.2 Å². The number of rotatable bonds is 6. The molecule has 0 bridgehead atoms. The van der Waals surface area contributed by atoms with E-state index in [4.69, 9.17) is 4.42 Å². The average molecular weight is 396 g/mol. The summed E-state index contributed by atoms with van der Waals surface area (Å²) in [5.74, 6) is 1.16. The quantitative estimate of drug-likeness (QED) is 0.515. The Morgan fingerprint density at radius 1 is 1.00 bits per heavy atom. The van der Waals surface area contributed by atoms with Gasteiger partial charge in [-0.25, -0.2) is 18.1 Å². The van der Waals surface area contributed by atoms with Crippen LogP contribution in [0.25, 0.3) is 27.1 Å². The molecule has 4 rings (SSSR count). The predicted molar refractivity (Wildman–Crippen MR) is 109 cm³/mol. The molecule has 0 fully saturated rings. The maximum Gasteiger partial charge on any atom is 0.234 e. The Balaban J connectivity index is 1.44. The number of para-hydroxylation sites is 1. The molecule has 0 radical (unpaired) electrons. The fourth-order valence-electron chi connectivity index (χ4n) is 2.52. The summed E-state index contributed by atoms with van der Waals surface area (Å²) < 4.78 is 33.6. The first-order chi connectivity index (χ1) is 13.1. The zero-order valence-corrected chi connectivity index (χ0v) is 15.8. The molecule has 2 heterocycles. The molecule has 0 unspecified atom stereocenters. The van der Waals surface area contributed by atoms with Gasteiger partial charge >= 0.3 is 0 Å². The number of hydrogen-bond donors (Lipinski definition) is 1. The molecule has 0 amide bonds. The highest BCUT2D eigenvalue weighted by atomic mass is 32.2. The van der Waals surface area contributed by atoms with E-state index < -0.39 is 10.0 Å². The summed E-state index contributed by atoms with van der Waals surface area (Å²) in [7, 11) is -3.56. The molecule has 0 saturated carbocycles. The third-order valence-electron chi connectivity index (χ3n) is 3.85. The third-order valence-corrected chi connectivity index (χ3v) is 5.95. The summed E-state index contributed by atoms with van der Waals surface area (Å²) in [6.07, 6.45) is 1.55. The molecule has 7 heteroatoms. The van der Waals surface area contributed by atoms with Crippen molar-refractivity contribution in [3.8, 4) is 10.8 Å². The lowest BCUT2D eigenvalue weighted by Gasteiger charge is -2.00. The number of nitrogens with zero attached hydrogens (tertiary/aromatic N) is 1. The van der Waals surface area contributed by atoms with Crippen molar-refractivity contribution in [1.29, 1.82) is 0 Å². The zero-order chi connectivity index (χ0) is 18.7. The maximum absolute atomic E-state index is 12.1. The lowest BCUT2D eigenvalue weighted by atomic mass is 10.2. The van der Waals surface area contributed by atoms with Crippen LogP contribution in [0.1, 0.15) is 11.3 Å². The smallest absolute Gasteiger partial charge is 0.234 e. The molecule has 2 aromatic heterocycles. The van der Waals surface area contributed by atoms with Gasteiger partial charge in [-0.2, -0.15) is 0 Å². The Hall–Kier alpha value is -2.74. The second kappa shape index (κ2) is 7.48. The molecule has 0 aliphatic carbocycles. The largest absolute Gasteiger partial charge is 0.457 e.